The molecule has 3 aromatic rings. The number of hydrogen-bond acceptors (Lipinski definition) is 5. The highest BCUT2D eigenvalue weighted by molar-refractivity contribution is 5.95. The van der Waals surface area contributed by atoms with E-state index in [1.165, 1.54) is 4.90 Å². The van der Waals surface area contributed by atoms with E-state index in [0.717, 1.165) is 22.2 Å². The van der Waals surface area contributed by atoms with E-state index >= 15 is 0 Å². The largest absolute Gasteiger partial charge is 0.443 e. The molecule has 3 rings (SSSR count). The third-order valence-corrected chi connectivity index (χ3v) is 3.42. The quantitative estimate of drug-likeness (QED) is 0.781. The van der Waals surface area contributed by atoms with E-state index in [9.17, 15) is 4.79 Å². The maximum atomic E-state index is 12.2. The monoisotopic (exact) mass is 328 g/mol. The van der Waals surface area contributed by atoms with Gasteiger partial charge in [-0.1, -0.05) is 0 Å². The lowest BCUT2D eigenvalue weighted by molar-refractivity contribution is 0.0588. The molecule has 0 saturated heterocycles. The van der Waals surface area contributed by atoms with Crippen LogP contribution in [0.1, 0.15) is 20.8 Å². The minimum atomic E-state index is -0.559. The van der Waals surface area contributed by atoms with Crippen LogP contribution in [-0.2, 0) is 11.8 Å². The van der Waals surface area contributed by atoms with Gasteiger partial charge in [0.2, 0.25) is 0 Å². The molecule has 1 N–H and O–H groups in total. The van der Waals surface area contributed by atoms with Gasteiger partial charge in [0.1, 0.15) is 17.1 Å². The van der Waals surface area contributed by atoms with Crippen molar-refractivity contribution < 1.29 is 9.53 Å². The van der Waals surface area contributed by atoms with E-state index in [2.05, 4.69) is 20.3 Å². The maximum Gasteiger partial charge on any atom is 0.415 e. The van der Waals surface area contributed by atoms with Gasteiger partial charge >= 0.3 is 6.09 Å². The first kappa shape index (κ1) is 16.0. The van der Waals surface area contributed by atoms with Crippen LogP contribution in [0.25, 0.3) is 22.2 Å². The molecular formula is C16H20N6O2. The Kier molecular flexibility index (Phi) is 3.75. The highest BCUT2D eigenvalue weighted by Crippen LogP contribution is 2.27. The molecule has 0 bridgehead atoms. The van der Waals surface area contributed by atoms with Crippen molar-refractivity contribution in [2.45, 2.75) is 26.4 Å². The predicted molar refractivity (Wildman–Crippen MR) is 90.7 cm³/mol. The van der Waals surface area contributed by atoms with Gasteiger partial charge in [0.25, 0.3) is 0 Å². The average Bonchev–Trinajstić information content (AvgIpc) is 3.09. The molecule has 1 amide bonds. The van der Waals surface area contributed by atoms with Gasteiger partial charge in [-0.05, 0) is 20.8 Å². The molecule has 0 atom stereocenters. The smallest absolute Gasteiger partial charge is 0.415 e. The molecule has 24 heavy (non-hydrogen) atoms. The minimum absolute atomic E-state index is 0.457. The lowest BCUT2D eigenvalue weighted by Gasteiger charge is -2.24. The second-order valence-corrected chi connectivity index (χ2v) is 6.60. The first-order valence-corrected chi connectivity index (χ1v) is 7.54. The van der Waals surface area contributed by atoms with Crippen LogP contribution in [-0.4, -0.2) is 43.7 Å². The van der Waals surface area contributed by atoms with Crippen molar-refractivity contribution in [3.63, 3.8) is 0 Å². The topological polar surface area (TPSA) is 88.9 Å². The number of aromatic nitrogens is 5. The van der Waals surface area contributed by atoms with Crippen molar-refractivity contribution >= 4 is 22.8 Å². The molecule has 0 aliphatic rings. The fourth-order valence-corrected chi connectivity index (χ4v) is 2.27. The summed E-state index contributed by atoms with van der Waals surface area (Å²) in [7, 11) is 3.48. The summed E-state index contributed by atoms with van der Waals surface area (Å²) >= 11 is 0. The number of nitrogens with zero attached hydrogens (tertiary/aromatic N) is 5. The molecule has 0 fully saturated rings. The second kappa shape index (κ2) is 5.63. The van der Waals surface area contributed by atoms with Crippen molar-refractivity contribution in [1.29, 1.82) is 0 Å². The molecular weight excluding hydrogens is 308 g/mol. The molecule has 0 aromatic carbocycles. The molecule has 0 radical (unpaired) electrons. The molecule has 126 valence electrons. The van der Waals surface area contributed by atoms with Gasteiger partial charge in [0.05, 0.1) is 11.7 Å². The summed E-state index contributed by atoms with van der Waals surface area (Å²) in [6, 6.07) is 1.77. The van der Waals surface area contributed by atoms with Crippen molar-refractivity contribution in [3.8, 4) is 11.3 Å². The second-order valence-electron chi connectivity index (χ2n) is 6.60. The summed E-state index contributed by atoms with van der Waals surface area (Å²) in [4.78, 5) is 17.9. The van der Waals surface area contributed by atoms with Crippen LogP contribution in [0.5, 0.6) is 0 Å². The third kappa shape index (κ3) is 3.08. The Morgan fingerprint density at radius 3 is 2.71 bits per heavy atom. The molecule has 8 heteroatoms. The van der Waals surface area contributed by atoms with Crippen LogP contribution in [0.2, 0.25) is 0 Å². The first-order valence-electron chi connectivity index (χ1n) is 7.54. The van der Waals surface area contributed by atoms with Crippen molar-refractivity contribution in [1.82, 2.24) is 25.0 Å². The van der Waals surface area contributed by atoms with Gasteiger partial charge in [-0.25, -0.2) is 9.78 Å². The summed E-state index contributed by atoms with van der Waals surface area (Å²) in [5.74, 6) is 0.484. The average molecular weight is 328 g/mol. The Labute approximate surface area is 139 Å². The zero-order valence-corrected chi connectivity index (χ0v) is 14.4. The van der Waals surface area contributed by atoms with Crippen molar-refractivity contribution in [3.05, 3.63) is 24.7 Å². The Balaban J connectivity index is 1.91. The molecule has 8 nitrogen and oxygen atoms in total. The summed E-state index contributed by atoms with van der Waals surface area (Å²) in [5, 5.41) is 12.3. The van der Waals surface area contributed by atoms with Gasteiger partial charge in [0.15, 0.2) is 0 Å². The number of amides is 1. The van der Waals surface area contributed by atoms with E-state index in [0.29, 0.717) is 5.82 Å². The van der Waals surface area contributed by atoms with Gasteiger partial charge in [-0.3, -0.25) is 14.7 Å². The molecule has 0 spiro atoms. The van der Waals surface area contributed by atoms with E-state index in [1.54, 1.807) is 30.2 Å². The lowest BCUT2D eigenvalue weighted by atomic mass is 10.2. The number of anilines is 1. The number of hydrogen-bond donors (Lipinski definition) is 1. The Morgan fingerprint density at radius 2 is 2.08 bits per heavy atom. The fraction of sp³-hybridized carbons (Fsp3) is 0.375. The van der Waals surface area contributed by atoms with Crippen LogP contribution < -0.4 is 4.90 Å². The number of ether oxygens (including phenoxy) is 1. The van der Waals surface area contributed by atoms with Gasteiger partial charge < -0.3 is 4.74 Å². The normalized spacial score (nSPS) is 11.7. The Hall–Kier alpha value is -2.90. The van der Waals surface area contributed by atoms with Crippen LogP contribution in [0.4, 0.5) is 10.6 Å². The van der Waals surface area contributed by atoms with Crippen LogP contribution in [0.15, 0.2) is 24.7 Å². The van der Waals surface area contributed by atoms with Crippen molar-refractivity contribution in [2.24, 2.45) is 7.05 Å². The Bertz CT molecular complexity index is 889. The molecule has 0 aliphatic heterocycles. The molecule has 0 aliphatic carbocycles. The number of fused-ring (bicyclic) bond motifs is 1. The SMILES string of the molecule is CN(C(=O)OC(C)(C)C)c1cc2[nH]nc(-c3cnn(C)c3)c2cn1. The molecule has 3 heterocycles. The fourth-order valence-electron chi connectivity index (χ4n) is 2.27. The summed E-state index contributed by atoms with van der Waals surface area (Å²) in [6.07, 6.45) is 4.87. The number of H-pyrrole nitrogens is 1. The van der Waals surface area contributed by atoms with Crippen molar-refractivity contribution in [2.75, 3.05) is 11.9 Å². The van der Waals surface area contributed by atoms with Crippen LogP contribution in [0, 0.1) is 0 Å². The van der Waals surface area contributed by atoms with Gasteiger partial charge in [-0.15, -0.1) is 0 Å². The number of pyridine rings is 1. The number of aromatic amines is 1. The van der Waals surface area contributed by atoms with E-state index in [1.807, 2.05) is 34.0 Å². The number of carbonyl (C=O) groups excluding carboxylic acids is 1. The molecule has 3 aromatic heterocycles. The van der Waals surface area contributed by atoms with E-state index < -0.39 is 11.7 Å². The molecule has 0 saturated carbocycles. The lowest BCUT2D eigenvalue weighted by Crippen LogP contribution is -2.34. The number of nitrogens with one attached hydrogen (secondary N) is 1. The minimum Gasteiger partial charge on any atom is -0.443 e. The molecule has 0 unspecified atom stereocenters. The standard InChI is InChI=1S/C16H20N6O2/c1-16(2,3)24-15(23)22(5)13-6-12-11(8-17-13)14(20-19-12)10-7-18-21(4)9-10/h6-9H,1-5H3,(H,19,20). The van der Waals surface area contributed by atoms with E-state index in [4.69, 9.17) is 4.74 Å². The summed E-state index contributed by atoms with van der Waals surface area (Å²) < 4.78 is 7.07. The number of carbonyl (C=O) groups is 1. The van der Waals surface area contributed by atoms with E-state index in [-0.39, 0.29) is 0 Å². The first-order chi connectivity index (χ1) is 11.2. The number of aryl methyl sites for hydroxylation is 1. The zero-order chi connectivity index (χ0) is 17.5. The Morgan fingerprint density at radius 1 is 1.33 bits per heavy atom. The summed E-state index contributed by atoms with van der Waals surface area (Å²) in [6.45, 7) is 5.47. The van der Waals surface area contributed by atoms with Gasteiger partial charge in [-0.2, -0.15) is 10.2 Å². The zero-order valence-electron chi connectivity index (χ0n) is 14.4. The van der Waals surface area contributed by atoms with Crippen LogP contribution >= 0.6 is 0 Å². The highest BCUT2D eigenvalue weighted by atomic mass is 16.6. The predicted octanol–water partition coefficient (Wildman–Crippen LogP) is 2.73. The maximum absolute atomic E-state index is 12.2. The van der Waals surface area contributed by atoms with Gasteiger partial charge in [0, 0.05) is 43.5 Å². The number of rotatable bonds is 2. The third-order valence-electron chi connectivity index (χ3n) is 3.42. The van der Waals surface area contributed by atoms with Crippen LogP contribution in [0.3, 0.4) is 0 Å². The highest BCUT2D eigenvalue weighted by Gasteiger charge is 2.22. The summed E-state index contributed by atoms with van der Waals surface area (Å²) in [5.41, 5.74) is 1.90.